The lowest BCUT2D eigenvalue weighted by atomic mass is 10.2. The lowest BCUT2D eigenvalue weighted by molar-refractivity contribution is -0.142. The molecular weight excluding hydrogens is 208 g/mol. The van der Waals surface area contributed by atoms with Gasteiger partial charge in [-0.25, -0.2) is 0 Å². The van der Waals surface area contributed by atoms with Gasteiger partial charge < -0.3 is 9.64 Å². The van der Waals surface area contributed by atoms with E-state index in [0.29, 0.717) is 18.4 Å². The van der Waals surface area contributed by atoms with Gasteiger partial charge in [-0.2, -0.15) is 0 Å². The number of ether oxygens (including phenoxy) is 1. The largest absolute Gasteiger partial charge is 0.468 e. The first-order chi connectivity index (χ1) is 7.70. The maximum Gasteiger partial charge on any atom is 0.319 e. The van der Waals surface area contributed by atoms with Crippen molar-refractivity contribution in [2.45, 2.75) is 12.8 Å². The first-order valence-corrected chi connectivity index (χ1v) is 5.78. The highest BCUT2D eigenvalue weighted by atomic mass is 16.5. The van der Waals surface area contributed by atoms with Gasteiger partial charge in [-0.3, -0.25) is 14.5 Å². The second-order valence-electron chi connectivity index (χ2n) is 4.45. The van der Waals surface area contributed by atoms with Gasteiger partial charge >= 0.3 is 5.97 Å². The fourth-order valence-corrected chi connectivity index (χ4v) is 1.96. The van der Waals surface area contributed by atoms with Gasteiger partial charge in [-0.15, -0.1) is 0 Å². The Hall–Kier alpha value is -1.10. The fraction of sp³-hybridized carbons (Fsp3) is 0.818. The van der Waals surface area contributed by atoms with Crippen molar-refractivity contribution in [2.24, 2.45) is 5.92 Å². The first-order valence-electron chi connectivity index (χ1n) is 5.78. The Bertz CT molecular complexity index is 281. The van der Waals surface area contributed by atoms with E-state index in [4.69, 9.17) is 0 Å². The van der Waals surface area contributed by atoms with Gasteiger partial charge in [0.1, 0.15) is 0 Å². The van der Waals surface area contributed by atoms with Crippen LogP contribution in [-0.4, -0.2) is 61.5 Å². The van der Waals surface area contributed by atoms with Gasteiger partial charge in [0.15, 0.2) is 0 Å². The maximum atomic E-state index is 11.8. The highest BCUT2D eigenvalue weighted by Gasteiger charge is 2.34. The highest BCUT2D eigenvalue weighted by molar-refractivity contribution is 5.81. The average molecular weight is 226 g/mol. The number of rotatable bonds is 3. The van der Waals surface area contributed by atoms with Crippen molar-refractivity contribution in [1.29, 1.82) is 0 Å². The van der Waals surface area contributed by atoms with Crippen LogP contribution in [0, 0.1) is 5.92 Å². The topological polar surface area (TPSA) is 49.9 Å². The van der Waals surface area contributed by atoms with E-state index in [1.807, 2.05) is 9.80 Å². The summed E-state index contributed by atoms with van der Waals surface area (Å²) in [7, 11) is 1.40. The lowest BCUT2D eigenvalue weighted by Gasteiger charge is -2.34. The zero-order valence-electron chi connectivity index (χ0n) is 9.65. The van der Waals surface area contributed by atoms with Crippen molar-refractivity contribution in [3.8, 4) is 0 Å². The molecule has 1 saturated carbocycles. The van der Waals surface area contributed by atoms with Crippen LogP contribution in [0.2, 0.25) is 0 Å². The molecule has 16 heavy (non-hydrogen) atoms. The van der Waals surface area contributed by atoms with Crippen LogP contribution in [-0.2, 0) is 14.3 Å². The van der Waals surface area contributed by atoms with Crippen molar-refractivity contribution >= 4 is 11.9 Å². The molecular formula is C11H18N2O3. The van der Waals surface area contributed by atoms with E-state index in [-0.39, 0.29) is 5.97 Å². The van der Waals surface area contributed by atoms with Crippen LogP contribution in [0.25, 0.3) is 0 Å². The van der Waals surface area contributed by atoms with Crippen LogP contribution >= 0.6 is 0 Å². The minimum atomic E-state index is -0.207. The predicted molar refractivity (Wildman–Crippen MR) is 57.8 cm³/mol. The molecule has 1 saturated heterocycles. The highest BCUT2D eigenvalue weighted by Crippen LogP contribution is 2.31. The third-order valence-electron chi connectivity index (χ3n) is 3.19. The van der Waals surface area contributed by atoms with E-state index in [9.17, 15) is 9.59 Å². The molecule has 0 aromatic heterocycles. The van der Waals surface area contributed by atoms with E-state index >= 15 is 0 Å². The molecule has 0 radical (unpaired) electrons. The summed E-state index contributed by atoms with van der Waals surface area (Å²) in [5.74, 6) is 0.395. The zero-order valence-corrected chi connectivity index (χ0v) is 9.65. The molecule has 2 fully saturated rings. The van der Waals surface area contributed by atoms with Gasteiger partial charge in [0.25, 0.3) is 0 Å². The van der Waals surface area contributed by atoms with Gasteiger partial charge in [-0.1, -0.05) is 0 Å². The third-order valence-corrected chi connectivity index (χ3v) is 3.19. The summed E-state index contributed by atoms with van der Waals surface area (Å²) in [5, 5.41) is 0. The molecule has 90 valence electrons. The molecule has 1 aliphatic carbocycles. The molecule has 0 N–H and O–H groups in total. The second-order valence-corrected chi connectivity index (χ2v) is 4.45. The predicted octanol–water partition coefficient (Wildman–Crippen LogP) is -0.286. The number of piperazine rings is 1. The van der Waals surface area contributed by atoms with Crippen molar-refractivity contribution in [1.82, 2.24) is 9.80 Å². The Morgan fingerprint density at radius 2 is 1.81 bits per heavy atom. The van der Waals surface area contributed by atoms with Crippen molar-refractivity contribution in [3.05, 3.63) is 0 Å². The molecule has 0 spiro atoms. The number of carbonyl (C=O) groups excluding carboxylic acids is 2. The Morgan fingerprint density at radius 3 is 2.31 bits per heavy atom. The number of hydrogen-bond acceptors (Lipinski definition) is 4. The van der Waals surface area contributed by atoms with Crippen molar-refractivity contribution in [3.63, 3.8) is 0 Å². The van der Waals surface area contributed by atoms with Crippen LogP contribution in [0.1, 0.15) is 12.8 Å². The Balaban J connectivity index is 1.73. The summed E-state index contributed by atoms with van der Waals surface area (Å²) >= 11 is 0. The summed E-state index contributed by atoms with van der Waals surface area (Å²) in [6, 6.07) is 0. The molecule has 5 heteroatoms. The first kappa shape index (κ1) is 11.4. The molecule has 1 aliphatic heterocycles. The van der Waals surface area contributed by atoms with E-state index in [1.165, 1.54) is 7.11 Å². The monoisotopic (exact) mass is 226 g/mol. The van der Waals surface area contributed by atoms with Crippen LogP contribution in [0.5, 0.6) is 0 Å². The Morgan fingerprint density at radius 1 is 1.19 bits per heavy atom. The number of nitrogens with zero attached hydrogens (tertiary/aromatic N) is 2. The quantitative estimate of drug-likeness (QED) is 0.621. The Kier molecular flexibility index (Phi) is 3.43. The zero-order chi connectivity index (χ0) is 11.5. The molecule has 0 aromatic carbocycles. The molecule has 2 aliphatic rings. The van der Waals surface area contributed by atoms with E-state index in [1.54, 1.807) is 0 Å². The number of hydrogen-bond donors (Lipinski definition) is 0. The minimum absolute atomic E-state index is 0.207. The molecule has 0 atom stereocenters. The Labute approximate surface area is 95.3 Å². The van der Waals surface area contributed by atoms with E-state index in [0.717, 1.165) is 39.0 Å². The number of amides is 1. The SMILES string of the molecule is COC(=O)CN1CCN(C(=O)C2CC2)CC1. The average Bonchev–Trinajstić information content (AvgIpc) is 3.13. The van der Waals surface area contributed by atoms with Crippen LogP contribution < -0.4 is 0 Å². The standard InChI is InChI=1S/C11H18N2O3/c1-16-10(14)8-12-4-6-13(7-5-12)11(15)9-2-3-9/h9H,2-8H2,1H3. The molecule has 5 nitrogen and oxygen atoms in total. The summed E-state index contributed by atoms with van der Waals surface area (Å²) in [6.07, 6.45) is 2.11. The van der Waals surface area contributed by atoms with Gasteiger partial charge in [0.05, 0.1) is 13.7 Å². The smallest absolute Gasteiger partial charge is 0.319 e. The van der Waals surface area contributed by atoms with Gasteiger partial charge in [0.2, 0.25) is 5.91 Å². The van der Waals surface area contributed by atoms with E-state index in [2.05, 4.69) is 4.74 Å². The van der Waals surface area contributed by atoms with Gasteiger partial charge in [0, 0.05) is 32.1 Å². The number of carbonyl (C=O) groups is 2. The van der Waals surface area contributed by atoms with Crippen LogP contribution in [0.4, 0.5) is 0 Å². The summed E-state index contributed by atoms with van der Waals surface area (Å²) in [6.45, 7) is 3.36. The molecule has 0 aromatic rings. The molecule has 0 bridgehead atoms. The second kappa shape index (κ2) is 4.82. The number of methoxy groups -OCH3 is 1. The maximum absolute atomic E-state index is 11.8. The number of esters is 1. The molecule has 0 unspecified atom stereocenters. The lowest BCUT2D eigenvalue weighted by Crippen LogP contribution is -2.50. The summed E-state index contributed by atoms with van der Waals surface area (Å²) in [5.41, 5.74) is 0. The van der Waals surface area contributed by atoms with Crippen molar-refractivity contribution < 1.29 is 14.3 Å². The molecule has 1 amide bonds. The van der Waals surface area contributed by atoms with Crippen LogP contribution in [0.15, 0.2) is 0 Å². The van der Waals surface area contributed by atoms with Crippen LogP contribution in [0.3, 0.4) is 0 Å². The van der Waals surface area contributed by atoms with Gasteiger partial charge in [-0.05, 0) is 12.8 Å². The minimum Gasteiger partial charge on any atom is -0.468 e. The molecule has 1 heterocycles. The third kappa shape index (κ3) is 2.72. The summed E-state index contributed by atoms with van der Waals surface area (Å²) in [4.78, 5) is 26.8. The molecule has 2 rings (SSSR count). The van der Waals surface area contributed by atoms with Crippen molar-refractivity contribution in [2.75, 3.05) is 39.8 Å². The fourth-order valence-electron chi connectivity index (χ4n) is 1.96. The van der Waals surface area contributed by atoms with E-state index < -0.39 is 0 Å². The normalized spacial score (nSPS) is 21.9. The summed E-state index contributed by atoms with van der Waals surface area (Å²) < 4.78 is 4.61.